The van der Waals surface area contributed by atoms with Crippen LogP contribution in [0, 0.1) is 6.92 Å². The van der Waals surface area contributed by atoms with E-state index in [1.807, 2.05) is 6.26 Å². The zero-order valence-corrected chi connectivity index (χ0v) is 17.9. The van der Waals surface area contributed by atoms with E-state index in [1.54, 1.807) is 25.1 Å². The van der Waals surface area contributed by atoms with Gasteiger partial charge in [0.15, 0.2) is 15.8 Å². The van der Waals surface area contributed by atoms with Crippen LogP contribution >= 0.6 is 23.1 Å². The number of thioether (sulfide) groups is 1. The van der Waals surface area contributed by atoms with Crippen molar-refractivity contribution >= 4 is 52.2 Å². The molecule has 0 bridgehead atoms. The van der Waals surface area contributed by atoms with Crippen molar-refractivity contribution in [2.45, 2.75) is 17.9 Å². The molecule has 0 saturated heterocycles. The maximum absolute atomic E-state index is 12.0. The first-order chi connectivity index (χ1) is 14.5. The Morgan fingerprint density at radius 3 is 2.80 bits per heavy atom. The van der Waals surface area contributed by atoms with Gasteiger partial charge in [-0.15, -0.1) is 20.4 Å². The average Bonchev–Trinajstić information content (AvgIpc) is 3.33. The second-order valence-electron chi connectivity index (χ2n) is 5.77. The van der Waals surface area contributed by atoms with Crippen LogP contribution in [0.25, 0.3) is 5.69 Å². The van der Waals surface area contributed by atoms with Gasteiger partial charge in [-0.3, -0.25) is 4.79 Å². The number of carbonyl (C=O) groups is 2. The van der Waals surface area contributed by atoms with E-state index in [0.29, 0.717) is 34.2 Å². The molecule has 0 aliphatic heterocycles. The highest BCUT2D eigenvalue weighted by Gasteiger charge is 2.17. The lowest BCUT2D eigenvalue weighted by atomic mass is 10.1. The molecule has 156 valence electrons. The Morgan fingerprint density at radius 2 is 2.13 bits per heavy atom. The summed E-state index contributed by atoms with van der Waals surface area (Å²) in [6.45, 7) is 2.03. The SMILES string of the molecule is COC(=O)c1cc(COC=O)cc(-n2nc(C)c(N=Nc3nnc(SC)s3)c2N)c1. The number of nitrogen functional groups attached to an aromatic ring is 1. The van der Waals surface area contributed by atoms with Gasteiger partial charge in [-0.2, -0.15) is 5.10 Å². The molecular weight excluding hydrogens is 430 g/mol. The molecule has 3 rings (SSSR count). The van der Waals surface area contributed by atoms with Gasteiger partial charge in [0.1, 0.15) is 6.61 Å². The number of aryl methyl sites for hydroxylation is 1. The Labute approximate surface area is 179 Å². The topological polar surface area (TPSA) is 147 Å². The van der Waals surface area contributed by atoms with Gasteiger partial charge < -0.3 is 15.2 Å². The third kappa shape index (κ3) is 4.63. The van der Waals surface area contributed by atoms with Crippen LogP contribution in [-0.4, -0.2) is 45.8 Å². The van der Waals surface area contributed by atoms with Crippen molar-refractivity contribution in [3.63, 3.8) is 0 Å². The van der Waals surface area contributed by atoms with E-state index in [1.165, 1.54) is 34.9 Å². The Hall–Kier alpha value is -3.32. The summed E-state index contributed by atoms with van der Waals surface area (Å²) >= 11 is 2.77. The molecule has 2 heterocycles. The molecule has 0 spiro atoms. The molecule has 11 nitrogen and oxygen atoms in total. The summed E-state index contributed by atoms with van der Waals surface area (Å²) in [5, 5.41) is 20.9. The molecule has 0 aliphatic carbocycles. The summed E-state index contributed by atoms with van der Waals surface area (Å²) in [5.74, 6) is -0.331. The van der Waals surface area contributed by atoms with E-state index in [0.717, 1.165) is 4.34 Å². The minimum absolute atomic E-state index is 0.0249. The zero-order chi connectivity index (χ0) is 21.7. The molecule has 0 fully saturated rings. The predicted octanol–water partition coefficient (Wildman–Crippen LogP) is 3.21. The van der Waals surface area contributed by atoms with Crippen LogP contribution in [-0.2, 0) is 20.9 Å². The van der Waals surface area contributed by atoms with Crippen molar-refractivity contribution in [2.75, 3.05) is 19.1 Å². The van der Waals surface area contributed by atoms with Gasteiger partial charge in [0, 0.05) is 0 Å². The van der Waals surface area contributed by atoms with Gasteiger partial charge in [0.25, 0.3) is 11.6 Å². The third-order valence-corrected chi connectivity index (χ3v) is 5.61. The van der Waals surface area contributed by atoms with Gasteiger partial charge in [-0.25, -0.2) is 9.48 Å². The summed E-state index contributed by atoms with van der Waals surface area (Å²) in [4.78, 5) is 22.6. The summed E-state index contributed by atoms with van der Waals surface area (Å²) < 4.78 is 11.8. The molecule has 0 unspecified atom stereocenters. The molecule has 13 heteroatoms. The van der Waals surface area contributed by atoms with Gasteiger partial charge in [-0.05, 0) is 36.9 Å². The van der Waals surface area contributed by atoms with Crippen molar-refractivity contribution in [3.05, 3.63) is 35.0 Å². The number of azo groups is 1. The number of carbonyl (C=O) groups excluding carboxylic acids is 2. The normalized spacial score (nSPS) is 11.0. The maximum Gasteiger partial charge on any atom is 0.337 e. The number of nitrogens with two attached hydrogens (primary N) is 1. The van der Waals surface area contributed by atoms with Crippen LogP contribution in [0.5, 0.6) is 0 Å². The highest BCUT2D eigenvalue weighted by molar-refractivity contribution is 8.00. The first-order valence-corrected chi connectivity index (χ1v) is 10.4. The highest BCUT2D eigenvalue weighted by Crippen LogP contribution is 2.32. The molecule has 0 amide bonds. The number of ether oxygens (including phenoxy) is 2. The number of methoxy groups -OCH3 is 1. The van der Waals surface area contributed by atoms with E-state index < -0.39 is 5.97 Å². The maximum atomic E-state index is 12.0. The monoisotopic (exact) mass is 447 g/mol. The van der Waals surface area contributed by atoms with Crippen LogP contribution in [0.4, 0.5) is 16.6 Å². The molecular formula is C17H17N7O4S2. The zero-order valence-electron chi connectivity index (χ0n) is 16.2. The van der Waals surface area contributed by atoms with Crippen molar-refractivity contribution in [1.29, 1.82) is 0 Å². The Balaban J connectivity index is 2.00. The van der Waals surface area contributed by atoms with Crippen molar-refractivity contribution in [2.24, 2.45) is 10.2 Å². The van der Waals surface area contributed by atoms with E-state index in [9.17, 15) is 9.59 Å². The molecule has 30 heavy (non-hydrogen) atoms. The Morgan fingerprint density at radius 1 is 1.33 bits per heavy atom. The molecule has 1 aromatic carbocycles. The first-order valence-electron chi connectivity index (χ1n) is 8.39. The lowest BCUT2D eigenvalue weighted by Gasteiger charge is -2.09. The Kier molecular flexibility index (Phi) is 6.74. The van der Waals surface area contributed by atoms with Gasteiger partial charge >= 0.3 is 5.97 Å². The molecule has 0 saturated carbocycles. The number of hydrogen-bond acceptors (Lipinski definition) is 12. The van der Waals surface area contributed by atoms with E-state index in [4.69, 9.17) is 15.2 Å². The largest absolute Gasteiger partial charge is 0.465 e. The molecule has 0 aliphatic rings. The summed E-state index contributed by atoms with van der Waals surface area (Å²) in [6, 6.07) is 4.81. The van der Waals surface area contributed by atoms with Crippen LogP contribution in [0.3, 0.4) is 0 Å². The summed E-state index contributed by atoms with van der Waals surface area (Å²) in [6.07, 6.45) is 1.89. The number of hydrogen-bond donors (Lipinski definition) is 1. The number of rotatable bonds is 8. The number of nitrogens with zero attached hydrogens (tertiary/aromatic N) is 6. The van der Waals surface area contributed by atoms with Crippen molar-refractivity contribution < 1.29 is 19.1 Å². The first kappa shape index (κ1) is 21.4. The lowest BCUT2D eigenvalue weighted by molar-refractivity contribution is -0.129. The predicted molar refractivity (Wildman–Crippen MR) is 111 cm³/mol. The number of anilines is 1. The number of benzene rings is 1. The number of aromatic nitrogens is 4. The summed E-state index contributed by atoms with van der Waals surface area (Å²) in [5.41, 5.74) is 8.44. The Bertz CT molecular complexity index is 1110. The van der Waals surface area contributed by atoms with Crippen molar-refractivity contribution in [1.82, 2.24) is 20.0 Å². The minimum Gasteiger partial charge on any atom is -0.465 e. The average molecular weight is 448 g/mol. The second kappa shape index (κ2) is 9.45. The molecule has 2 aromatic heterocycles. The molecule has 3 aromatic rings. The van der Waals surface area contributed by atoms with Crippen LogP contribution < -0.4 is 5.73 Å². The summed E-state index contributed by atoms with van der Waals surface area (Å²) in [7, 11) is 1.28. The van der Waals surface area contributed by atoms with Crippen LogP contribution in [0.1, 0.15) is 21.6 Å². The van der Waals surface area contributed by atoms with Gasteiger partial charge in [0.05, 0.1) is 24.1 Å². The van der Waals surface area contributed by atoms with E-state index in [-0.39, 0.29) is 18.0 Å². The van der Waals surface area contributed by atoms with Crippen molar-refractivity contribution in [3.8, 4) is 5.69 Å². The van der Waals surface area contributed by atoms with E-state index in [2.05, 4.69) is 25.5 Å². The quantitative estimate of drug-likeness (QED) is 0.238. The van der Waals surface area contributed by atoms with Crippen LogP contribution in [0.2, 0.25) is 0 Å². The second-order valence-corrected chi connectivity index (χ2v) is 7.78. The third-order valence-electron chi connectivity index (χ3n) is 3.83. The van der Waals surface area contributed by atoms with Gasteiger partial charge in [-0.1, -0.05) is 23.1 Å². The standard InChI is InChI=1S/C17H17N7O4S2/c1-9-13(19-20-16-21-22-17(29-3)30-16)14(18)24(23-9)12-5-10(7-28-8-25)4-11(6-12)15(26)27-2/h4-6,8H,7,18H2,1-3H3. The molecule has 0 atom stereocenters. The number of esters is 1. The minimum atomic E-state index is -0.549. The fraction of sp³-hybridized carbons (Fsp3) is 0.235. The highest BCUT2D eigenvalue weighted by atomic mass is 32.2. The lowest BCUT2D eigenvalue weighted by Crippen LogP contribution is -2.08. The van der Waals surface area contributed by atoms with Crippen LogP contribution in [0.15, 0.2) is 32.8 Å². The fourth-order valence-electron chi connectivity index (χ4n) is 2.52. The fourth-order valence-corrected chi connectivity index (χ4v) is 3.60. The van der Waals surface area contributed by atoms with Gasteiger partial charge in [0.2, 0.25) is 0 Å². The molecule has 0 radical (unpaired) electrons. The smallest absolute Gasteiger partial charge is 0.337 e. The van der Waals surface area contributed by atoms with E-state index >= 15 is 0 Å². The molecule has 2 N–H and O–H groups in total.